The molecule has 2 N–H and O–H groups in total. The van der Waals surface area contributed by atoms with Gasteiger partial charge in [0.05, 0.1) is 6.10 Å². The van der Waals surface area contributed by atoms with Crippen molar-refractivity contribution in [3.05, 3.63) is 17.5 Å². The van der Waals surface area contributed by atoms with Crippen molar-refractivity contribution in [2.45, 2.75) is 29.6 Å². The van der Waals surface area contributed by atoms with Crippen LogP contribution in [0.25, 0.3) is 0 Å². The normalized spacial score (nSPS) is 18.8. The Balaban J connectivity index is 1.86. The van der Waals surface area contributed by atoms with Crippen molar-refractivity contribution in [3.8, 4) is 0 Å². The van der Waals surface area contributed by atoms with Crippen LogP contribution in [0.15, 0.2) is 21.7 Å². The lowest BCUT2D eigenvalue weighted by atomic mass is 10.1. The molecular weight excluding hydrogens is 284 g/mol. The number of piperidine rings is 1. The maximum Gasteiger partial charge on any atom is 0.252 e. The standard InChI is InChI=1S/C12H20N2O3S2/c13-6-2-9-17-11-4-7-14(8-5-11)19(15,16)12-3-1-10-18-12/h1,3,10-11H,2,4-9,13H2. The van der Waals surface area contributed by atoms with Gasteiger partial charge in [-0.15, -0.1) is 11.3 Å². The molecule has 0 radical (unpaired) electrons. The highest BCUT2D eigenvalue weighted by atomic mass is 32.2. The minimum atomic E-state index is -3.29. The Morgan fingerprint density at radius 1 is 1.42 bits per heavy atom. The van der Waals surface area contributed by atoms with E-state index in [0.29, 0.717) is 30.5 Å². The van der Waals surface area contributed by atoms with E-state index in [4.69, 9.17) is 10.5 Å². The number of hydrogen-bond acceptors (Lipinski definition) is 5. The molecule has 1 fully saturated rings. The van der Waals surface area contributed by atoms with Crippen LogP contribution in [0.1, 0.15) is 19.3 Å². The SMILES string of the molecule is NCCCOC1CCN(S(=O)(=O)c2cccs2)CC1. The molecule has 0 bridgehead atoms. The van der Waals surface area contributed by atoms with Gasteiger partial charge in [-0.3, -0.25) is 0 Å². The smallest absolute Gasteiger partial charge is 0.252 e. The molecule has 1 aromatic rings. The Morgan fingerprint density at radius 2 is 2.16 bits per heavy atom. The van der Waals surface area contributed by atoms with Crippen LogP contribution in [0.3, 0.4) is 0 Å². The number of ether oxygens (including phenoxy) is 1. The lowest BCUT2D eigenvalue weighted by Gasteiger charge is -2.30. The van der Waals surface area contributed by atoms with E-state index in [9.17, 15) is 8.42 Å². The highest BCUT2D eigenvalue weighted by molar-refractivity contribution is 7.91. The third-order valence-electron chi connectivity index (χ3n) is 3.19. The van der Waals surface area contributed by atoms with Crippen LogP contribution < -0.4 is 5.73 Å². The minimum Gasteiger partial charge on any atom is -0.378 e. The number of rotatable bonds is 6. The fraction of sp³-hybridized carbons (Fsp3) is 0.667. The van der Waals surface area contributed by atoms with Gasteiger partial charge in [-0.2, -0.15) is 4.31 Å². The van der Waals surface area contributed by atoms with Gasteiger partial charge in [-0.1, -0.05) is 6.07 Å². The lowest BCUT2D eigenvalue weighted by Crippen LogP contribution is -2.40. The predicted molar refractivity (Wildman–Crippen MR) is 75.7 cm³/mol. The van der Waals surface area contributed by atoms with Gasteiger partial charge in [0.2, 0.25) is 0 Å². The maximum absolute atomic E-state index is 12.3. The zero-order valence-electron chi connectivity index (χ0n) is 10.8. The lowest BCUT2D eigenvalue weighted by molar-refractivity contribution is 0.0209. The molecule has 0 aliphatic carbocycles. The maximum atomic E-state index is 12.3. The van der Waals surface area contributed by atoms with Crippen molar-refractivity contribution in [2.75, 3.05) is 26.2 Å². The number of sulfonamides is 1. The van der Waals surface area contributed by atoms with Crippen LogP contribution >= 0.6 is 11.3 Å². The Morgan fingerprint density at radius 3 is 2.74 bits per heavy atom. The molecule has 1 aromatic heterocycles. The van der Waals surface area contributed by atoms with Crippen LogP contribution in [-0.4, -0.2) is 45.1 Å². The molecule has 2 rings (SSSR count). The molecule has 5 nitrogen and oxygen atoms in total. The third-order valence-corrected chi connectivity index (χ3v) is 6.46. The van der Waals surface area contributed by atoms with Crippen LogP contribution in [0, 0.1) is 0 Å². The summed E-state index contributed by atoms with van der Waals surface area (Å²) in [4.78, 5) is 0. The molecule has 108 valence electrons. The average Bonchev–Trinajstić information content (AvgIpc) is 2.94. The van der Waals surface area contributed by atoms with E-state index in [2.05, 4.69) is 0 Å². The topological polar surface area (TPSA) is 72.6 Å². The summed E-state index contributed by atoms with van der Waals surface area (Å²) in [5.41, 5.74) is 5.41. The Hall–Kier alpha value is -0.470. The number of nitrogens with two attached hydrogens (primary N) is 1. The molecule has 1 aliphatic rings. The first-order chi connectivity index (χ1) is 9.14. The largest absolute Gasteiger partial charge is 0.378 e. The minimum absolute atomic E-state index is 0.168. The van der Waals surface area contributed by atoms with E-state index >= 15 is 0 Å². The molecule has 0 spiro atoms. The highest BCUT2D eigenvalue weighted by Crippen LogP contribution is 2.24. The van der Waals surface area contributed by atoms with Gasteiger partial charge >= 0.3 is 0 Å². The van der Waals surface area contributed by atoms with Gasteiger partial charge in [-0.05, 0) is 37.3 Å². The van der Waals surface area contributed by atoms with Crippen molar-refractivity contribution in [2.24, 2.45) is 5.73 Å². The fourth-order valence-corrected chi connectivity index (χ4v) is 4.72. The summed E-state index contributed by atoms with van der Waals surface area (Å²) in [6, 6.07) is 3.42. The quantitative estimate of drug-likeness (QED) is 0.803. The molecule has 1 aliphatic heterocycles. The summed E-state index contributed by atoms with van der Waals surface area (Å²) in [5, 5.41) is 1.79. The Kier molecular flexibility index (Phi) is 5.35. The monoisotopic (exact) mass is 304 g/mol. The highest BCUT2D eigenvalue weighted by Gasteiger charge is 2.30. The van der Waals surface area contributed by atoms with E-state index < -0.39 is 10.0 Å². The van der Waals surface area contributed by atoms with Crippen LogP contribution in [0.2, 0.25) is 0 Å². The first-order valence-electron chi connectivity index (χ1n) is 6.50. The first kappa shape index (κ1) is 14.9. The second-order valence-electron chi connectivity index (χ2n) is 4.55. The van der Waals surface area contributed by atoms with Crippen LogP contribution in [0.5, 0.6) is 0 Å². The van der Waals surface area contributed by atoms with Gasteiger partial charge in [0.25, 0.3) is 10.0 Å². The molecule has 0 aromatic carbocycles. The molecule has 0 unspecified atom stereocenters. The molecule has 2 heterocycles. The van der Waals surface area contributed by atoms with Crippen molar-refractivity contribution in [1.29, 1.82) is 0 Å². The van der Waals surface area contributed by atoms with Gasteiger partial charge in [0, 0.05) is 19.7 Å². The van der Waals surface area contributed by atoms with Crippen molar-refractivity contribution < 1.29 is 13.2 Å². The number of thiophene rings is 1. The Labute approximate surface area is 118 Å². The molecule has 1 saturated heterocycles. The molecule has 0 atom stereocenters. The molecular formula is C12H20N2O3S2. The van der Waals surface area contributed by atoms with E-state index in [1.165, 1.54) is 11.3 Å². The summed E-state index contributed by atoms with van der Waals surface area (Å²) in [6.45, 7) is 2.37. The summed E-state index contributed by atoms with van der Waals surface area (Å²) < 4.78 is 32.2. The second-order valence-corrected chi connectivity index (χ2v) is 7.66. The zero-order valence-corrected chi connectivity index (χ0v) is 12.5. The van der Waals surface area contributed by atoms with Crippen molar-refractivity contribution in [3.63, 3.8) is 0 Å². The molecule has 19 heavy (non-hydrogen) atoms. The van der Waals surface area contributed by atoms with E-state index in [0.717, 1.165) is 19.3 Å². The van der Waals surface area contributed by atoms with E-state index in [1.807, 2.05) is 0 Å². The number of hydrogen-bond donors (Lipinski definition) is 1. The summed E-state index contributed by atoms with van der Waals surface area (Å²) in [7, 11) is -3.29. The summed E-state index contributed by atoms with van der Waals surface area (Å²) >= 11 is 1.27. The fourth-order valence-electron chi connectivity index (χ4n) is 2.11. The predicted octanol–water partition coefficient (Wildman–Crippen LogP) is 1.27. The van der Waals surface area contributed by atoms with Gasteiger partial charge in [-0.25, -0.2) is 8.42 Å². The summed E-state index contributed by atoms with van der Waals surface area (Å²) in [5.74, 6) is 0. The van der Waals surface area contributed by atoms with Crippen LogP contribution in [-0.2, 0) is 14.8 Å². The van der Waals surface area contributed by atoms with Gasteiger partial charge < -0.3 is 10.5 Å². The van der Waals surface area contributed by atoms with Crippen LogP contribution in [0.4, 0.5) is 0 Å². The average molecular weight is 304 g/mol. The molecule has 7 heteroatoms. The van der Waals surface area contributed by atoms with Crippen molar-refractivity contribution in [1.82, 2.24) is 4.31 Å². The van der Waals surface area contributed by atoms with Crippen molar-refractivity contribution >= 4 is 21.4 Å². The first-order valence-corrected chi connectivity index (χ1v) is 8.82. The molecule has 0 saturated carbocycles. The van der Waals surface area contributed by atoms with E-state index in [-0.39, 0.29) is 6.10 Å². The van der Waals surface area contributed by atoms with E-state index in [1.54, 1.807) is 21.8 Å². The zero-order chi connectivity index (χ0) is 13.7. The third kappa shape index (κ3) is 3.76. The second kappa shape index (κ2) is 6.81. The molecule has 0 amide bonds. The van der Waals surface area contributed by atoms with Gasteiger partial charge in [0.1, 0.15) is 4.21 Å². The summed E-state index contributed by atoms with van der Waals surface area (Å²) in [6.07, 6.45) is 2.54. The van der Waals surface area contributed by atoms with Gasteiger partial charge in [0.15, 0.2) is 0 Å². The number of nitrogens with zero attached hydrogens (tertiary/aromatic N) is 1. The Bertz CT molecular complexity index is 465.